The zero-order valence-electron chi connectivity index (χ0n) is 10.8. The zero-order chi connectivity index (χ0) is 13.1. The molecule has 0 radical (unpaired) electrons. The van der Waals surface area contributed by atoms with Gasteiger partial charge in [-0.05, 0) is 26.9 Å². The van der Waals surface area contributed by atoms with E-state index >= 15 is 0 Å². The Hall–Kier alpha value is -0.910. The number of hydrogen-bond acceptors (Lipinski definition) is 4. The van der Waals surface area contributed by atoms with Gasteiger partial charge in [-0.1, -0.05) is 11.6 Å². The molecule has 0 bridgehead atoms. The van der Waals surface area contributed by atoms with Crippen molar-refractivity contribution in [2.24, 2.45) is 0 Å². The van der Waals surface area contributed by atoms with Crippen molar-refractivity contribution in [1.82, 2.24) is 20.0 Å². The van der Waals surface area contributed by atoms with Gasteiger partial charge in [-0.25, -0.2) is 0 Å². The van der Waals surface area contributed by atoms with Crippen molar-refractivity contribution in [1.29, 1.82) is 0 Å². The molecule has 0 aromatic carbocycles. The lowest BCUT2D eigenvalue weighted by atomic mass is 10.2. The summed E-state index contributed by atoms with van der Waals surface area (Å²) < 4.78 is 1.69. The van der Waals surface area contributed by atoms with Crippen LogP contribution in [-0.2, 0) is 6.54 Å². The van der Waals surface area contributed by atoms with E-state index in [0.29, 0.717) is 29.8 Å². The Labute approximate surface area is 112 Å². The molecular formula is C12H19ClN4O. The fourth-order valence-electron chi connectivity index (χ4n) is 1.71. The number of nitrogens with zero attached hydrogens (tertiary/aromatic N) is 3. The van der Waals surface area contributed by atoms with Gasteiger partial charge in [0.2, 0.25) is 0 Å². The fraction of sp³-hybridized carbons (Fsp3) is 0.667. The average Bonchev–Trinajstić information content (AvgIpc) is 3.07. The molecule has 1 aliphatic carbocycles. The van der Waals surface area contributed by atoms with Crippen molar-refractivity contribution < 1.29 is 4.79 Å². The molecule has 0 atom stereocenters. The van der Waals surface area contributed by atoms with Gasteiger partial charge in [-0.15, -0.1) is 0 Å². The number of ketones is 1. The van der Waals surface area contributed by atoms with Gasteiger partial charge in [0.1, 0.15) is 5.69 Å². The van der Waals surface area contributed by atoms with Gasteiger partial charge in [-0.2, -0.15) is 5.10 Å². The fourth-order valence-corrected chi connectivity index (χ4v) is 1.96. The topological polar surface area (TPSA) is 50.2 Å². The normalized spacial score (nSPS) is 15.3. The first-order valence-electron chi connectivity index (χ1n) is 6.20. The van der Waals surface area contributed by atoms with Gasteiger partial charge in [-0.3, -0.25) is 9.48 Å². The predicted octanol–water partition coefficient (Wildman–Crippen LogP) is 1.03. The van der Waals surface area contributed by atoms with Crippen molar-refractivity contribution in [2.75, 3.05) is 27.2 Å². The van der Waals surface area contributed by atoms with Crippen LogP contribution in [0.1, 0.15) is 23.3 Å². The predicted molar refractivity (Wildman–Crippen MR) is 71.1 cm³/mol. The third kappa shape index (κ3) is 3.54. The maximum Gasteiger partial charge on any atom is 0.196 e. The Balaban J connectivity index is 1.99. The summed E-state index contributed by atoms with van der Waals surface area (Å²) in [5.74, 6) is 0.0168. The van der Waals surface area contributed by atoms with E-state index in [-0.39, 0.29) is 5.78 Å². The smallest absolute Gasteiger partial charge is 0.196 e. The van der Waals surface area contributed by atoms with E-state index in [9.17, 15) is 4.79 Å². The van der Waals surface area contributed by atoms with E-state index in [1.54, 1.807) is 10.9 Å². The number of rotatable bonds is 7. The molecule has 18 heavy (non-hydrogen) atoms. The molecule has 6 heteroatoms. The van der Waals surface area contributed by atoms with Crippen molar-refractivity contribution in [3.8, 4) is 0 Å². The lowest BCUT2D eigenvalue weighted by Crippen LogP contribution is -2.28. The number of Topliss-reactive ketones (excluding diaryl/α,β-unsaturated/α-hetero) is 1. The second-order valence-electron chi connectivity index (χ2n) is 4.95. The van der Waals surface area contributed by atoms with Crippen LogP contribution >= 0.6 is 11.6 Å². The molecule has 1 aromatic heterocycles. The van der Waals surface area contributed by atoms with Gasteiger partial charge in [0.15, 0.2) is 5.78 Å². The van der Waals surface area contributed by atoms with Crippen molar-refractivity contribution in [3.63, 3.8) is 0 Å². The molecule has 0 aliphatic heterocycles. The first-order valence-corrected chi connectivity index (χ1v) is 6.58. The molecule has 1 saturated carbocycles. The van der Waals surface area contributed by atoms with Crippen LogP contribution in [0.4, 0.5) is 0 Å². The summed E-state index contributed by atoms with van der Waals surface area (Å²) in [5, 5.41) is 7.81. The van der Waals surface area contributed by atoms with E-state index < -0.39 is 0 Å². The van der Waals surface area contributed by atoms with E-state index in [1.807, 2.05) is 19.0 Å². The molecule has 0 amide bonds. The second-order valence-corrected chi connectivity index (χ2v) is 5.35. The lowest BCUT2D eigenvalue weighted by Gasteiger charge is -2.11. The van der Waals surface area contributed by atoms with Crippen LogP contribution in [-0.4, -0.2) is 53.7 Å². The maximum absolute atomic E-state index is 12.1. The first kappa shape index (κ1) is 13.5. The molecule has 5 nitrogen and oxygen atoms in total. The van der Waals surface area contributed by atoms with Crippen molar-refractivity contribution in [2.45, 2.75) is 25.4 Å². The van der Waals surface area contributed by atoms with Crippen LogP contribution in [0.2, 0.25) is 5.02 Å². The maximum atomic E-state index is 12.1. The Kier molecular flexibility index (Phi) is 4.37. The zero-order valence-corrected chi connectivity index (χ0v) is 11.6. The Morgan fingerprint density at radius 2 is 2.33 bits per heavy atom. The summed E-state index contributed by atoms with van der Waals surface area (Å²) in [4.78, 5) is 14.2. The largest absolute Gasteiger partial charge is 0.308 e. The monoisotopic (exact) mass is 270 g/mol. The van der Waals surface area contributed by atoms with Gasteiger partial charge in [0, 0.05) is 12.6 Å². The number of carbonyl (C=O) groups excluding carboxylic acids is 1. The van der Waals surface area contributed by atoms with Crippen LogP contribution in [0.15, 0.2) is 6.20 Å². The highest BCUT2D eigenvalue weighted by atomic mass is 35.5. The van der Waals surface area contributed by atoms with Crippen molar-refractivity contribution >= 4 is 17.4 Å². The second kappa shape index (κ2) is 5.82. The Morgan fingerprint density at radius 3 is 2.94 bits per heavy atom. The molecule has 1 aliphatic rings. The molecule has 1 heterocycles. The minimum absolute atomic E-state index is 0.0168. The number of likely N-dealkylation sites (N-methyl/N-ethyl adjacent to an activating group) is 1. The molecule has 0 spiro atoms. The molecule has 1 fully saturated rings. The van der Waals surface area contributed by atoms with Gasteiger partial charge in [0.05, 0.1) is 24.3 Å². The minimum atomic E-state index is 0.0168. The van der Waals surface area contributed by atoms with Crippen LogP contribution in [0.25, 0.3) is 0 Å². The SMILES string of the molecule is CN(C)CCn1ncc(Cl)c1C(=O)CNC1CC1. The highest BCUT2D eigenvalue weighted by molar-refractivity contribution is 6.33. The number of halogens is 1. The van der Waals surface area contributed by atoms with E-state index in [4.69, 9.17) is 11.6 Å². The van der Waals surface area contributed by atoms with E-state index in [1.165, 1.54) is 12.8 Å². The average molecular weight is 271 g/mol. The van der Waals surface area contributed by atoms with Crippen LogP contribution in [0, 0.1) is 0 Å². The third-order valence-electron chi connectivity index (χ3n) is 2.95. The number of hydrogen-bond donors (Lipinski definition) is 1. The first-order chi connectivity index (χ1) is 8.58. The Bertz CT molecular complexity index is 426. The quantitative estimate of drug-likeness (QED) is 0.752. The lowest BCUT2D eigenvalue weighted by molar-refractivity contribution is 0.0979. The molecule has 1 aromatic rings. The standard InChI is InChI=1S/C12H19ClN4O/c1-16(2)5-6-17-12(10(13)7-15-17)11(18)8-14-9-3-4-9/h7,9,14H,3-6,8H2,1-2H3. The van der Waals surface area contributed by atoms with Crippen LogP contribution in [0.5, 0.6) is 0 Å². The summed E-state index contributed by atoms with van der Waals surface area (Å²) in [6, 6.07) is 0.519. The molecule has 2 rings (SSSR count). The van der Waals surface area contributed by atoms with Crippen LogP contribution in [0.3, 0.4) is 0 Å². The molecule has 0 saturated heterocycles. The third-order valence-corrected chi connectivity index (χ3v) is 3.22. The highest BCUT2D eigenvalue weighted by Crippen LogP contribution is 2.19. The van der Waals surface area contributed by atoms with Crippen LogP contribution < -0.4 is 5.32 Å². The van der Waals surface area contributed by atoms with Gasteiger partial charge < -0.3 is 10.2 Å². The number of aromatic nitrogens is 2. The van der Waals surface area contributed by atoms with Crippen molar-refractivity contribution in [3.05, 3.63) is 16.9 Å². The molecule has 100 valence electrons. The number of carbonyl (C=O) groups is 1. The number of nitrogens with one attached hydrogen (secondary N) is 1. The van der Waals surface area contributed by atoms with Gasteiger partial charge in [0.25, 0.3) is 0 Å². The summed E-state index contributed by atoms with van der Waals surface area (Å²) in [6.45, 7) is 1.84. The highest BCUT2D eigenvalue weighted by Gasteiger charge is 2.23. The summed E-state index contributed by atoms with van der Waals surface area (Å²) >= 11 is 6.04. The summed E-state index contributed by atoms with van der Waals surface area (Å²) in [5.41, 5.74) is 0.520. The van der Waals surface area contributed by atoms with E-state index in [2.05, 4.69) is 10.4 Å². The Morgan fingerprint density at radius 1 is 1.61 bits per heavy atom. The van der Waals surface area contributed by atoms with E-state index in [0.717, 1.165) is 6.54 Å². The molecule has 1 N–H and O–H groups in total. The molecule has 0 unspecified atom stereocenters. The summed E-state index contributed by atoms with van der Waals surface area (Å²) in [7, 11) is 3.97. The summed E-state index contributed by atoms with van der Waals surface area (Å²) in [6.07, 6.45) is 3.88. The van der Waals surface area contributed by atoms with Gasteiger partial charge >= 0.3 is 0 Å². The molecular weight excluding hydrogens is 252 g/mol. The minimum Gasteiger partial charge on any atom is -0.308 e.